The van der Waals surface area contributed by atoms with Crippen LogP contribution in [0.15, 0.2) is 42.5 Å². The highest BCUT2D eigenvalue weighted by molar-refractivity contribution is 6.13. The lowest BCUT2D eigenvalue weighted by Gasteiger charge is -2.36. The molecule has 1 aromatic heterocycles. The Hall–Kier alpha value is -2.50. The van der Waals surface area contributed by atoms with Crippen molar-refractivity contribution in [3.05, 3.63) is 53.6 Å². The molecular weight excluding hydrogens is 410 g/mol. The average molecular weight is 440 g/mol. The van der Waals surface area contributed by atoms with Crippen LogP contribution in [0, 0.1) is 6.92 Å². The highest BCUT2D eigenvalue weighted by atomic mass is 35.5. The molecule has 2 saturated heterocycles. The monoisotopic (exact) mass is 439 g/mol. The third-order valence-electron chi connectivity index (χ3n) is 7.16. The second-order valence-electron chi connectivity index (χ2n) is 9.04. The summed E-state index contributed by atoms with van der Waals surface area (Å²) in [6, 6.07) is 14.8. The molecule has 2 atom stereocenters. The van der Waals surface area contributed by atoms with E-state index in [1.165, 1.54) is 12.8 Å². The second kappa shape index (κ2) is 8.21. The number of benzene rings is 2. The SMILES string of the molecule is Cc1ccc2c(c1)c(C(=O)NC1CC3CCC(C1)N3C)c(-c1ccc(O)cc1)n2C.Cl. The number of carbonyl (C=O) groups is 1. The molecule has 5 nitrogen and oxygen atoms in total. The first kappa shape index (κ1) is 21.7. The molecule has 2 aromatic carbocycles. The van der Waals surface area contributed by atoms with E-state index < -0.39 is 0 Å². The minimum absolute atomic E-state index is 0. The molecule has 2 N–H and O–H groups in total. The minimum Gasteiger partial charge on any atom is -0.508 e. The maximum atomic E-state index is 13.6. The van der Waals surface area contributed by atoms with Gasteiger partial charge in [0.05, 0.1) is 11.3 Å². The predicted molar refractivity (Wildman–Crippen MR) is 127 cm³/mol. The number of amides is 1. The molecule has 3 heterocycles. The van der Waals surface area contributed by atoms with Gasteiger partial charge in [0.2, 0.25) is 0 Å². The quantitative estimate of drug-likeness (QED) is 0.625. The van der Waals surface area contributed by atoms with Crippen molar-refractivity contribution in [3.63, 3.8) is 0 Å². The van der Waals surface area contributed by atoms with Gasteiger partial charge in [-0.05, 0) is 81.6 Å². The van der Waals surface area contributed by atoms with Crippen LogP contribution in [-0.2, 0) is 7.05 Å². The Balaban J connectivity index is 0.00000231. The van der Waals surface area contributed by atoms with E-state index in [2.05, 4.69) is 47.0 Å². The fourth-order valence-electron chi connectivity index (χ4n) is 5.53. The molecular formula is C25H30ClN3O2. The third kappa shape index (κ3) is 3.70. The number of phenols is 1. The van der Waals surface area contributed by atoms with Gasteiger partial charge in [-0.15, -0.1) is 12.4 Å². The molecule has 1 amide bonds. The number of fused-ring (bicyclic) bond motifs is 3. The van der Waals surface area contributed by atoms with Gasteiger partial charge < -0.3 is 19.9 Å². The Morgan fingerprint density at radius 3 is 2.32 bits per heavy atom. The number of hydrogen-bond acceptors (Lipinski definition) is 3. The number of aromatic nitrogens is 1. The number of aromatic hydroxyl groups is 1. The van der Waals surface area contributed by atoms with E-state index in [0.29, 0.717) is 12.1 Å². The Morgan fingerprint density at radius 1 is 1.03 bits per heavy atom. The first-order chi connectivity index (χ1) is 14.4. The van der Waals surface area contributed by atoms with E-state index in [9.17, 15) is 9.90 Å². The number of piperidine rings is 1. The number of phenolic OH excluding ortho intramolecular Hbond substituents is 1. The van der Waals surface area contributed by atoms with Crippen LogP contribution in [0.3, 0.4) is 0 Å². The van der Waals surface area contributed by atoms with Crippen molar-refractivity contribution in [2.45, 2.75) is 50.7 Å². The van der Waals surface area contributed by atoms with Gasteiger partial charge in [-0.25, -0.2) is 0 Å². The summed E-state index contributed by atoms with van der Waals surface area (Å²) in [4.78, 5) is 16.1. The molecule has 0 aliphatic carbocycles. The fourth-order valence-corrected chi connectivity index (χ4v) is 5.53. The van der Waals surface area contributed by atoms with Gasteiger partial charge in [0.25, 0.3) is 5.91 Å². The summed E-state index contributed by atoms with van der Waals surface area (Å²) in [5, 5.41) is 14.1. The molecule has 164 valence electrons. The number of aryl methyl sites for hydroxylation is 2. The molecule has 2 fully saturated rings. The highest BCUT2D eigenvalue weighted by Crippen LogP contribution is 2.37. The number of hydrogen-bond donors (Lipinski definition) is 2. The van der Waals surface area contributed by atoms with Gasteiger partial charge in [-0.1, -0.05) is 11.6 Å². The minimum atomic E-state index is 0. The van der Waals surface area contributed by atoms with Crippen molar-refractivity contribution in [3.8, 4) is 17.0 Å². The van der Waals surface area contributed by atoms with E-state index in [-0.39, 0.29) is 30.1 Å². The van der Waals surface area contributed by atoms with E-state index in [1.54, 1.807) is 12.1 Å². The highest BCUT2D eigenvalue weighted by Gasteiger charge is 2.39. The van der Waals surface area contributed by atoms with Gasteiger partial charge in [-0.3, -0.25) is 4.79 Å². The van der Waals surface area contributed by atoms with Crippen molar-refractivity contribution in [1.29, 1.82) is 0 Å². The lowest BCUT2D eigenvalue weighted by atomic mass is 9.97. The second-order valence-corrected chi connectivity index (χ2v) is 9.04. The first-order valence-corrected chi connectivity index (χ1v) is 10.8. The molecule has 6 heteroatoms. The fraction of sp³-hybridized carbons (Fsp3) is 0.400. The van der Waals surface area contributed by atoms with Gasteiger partial charge in [0.15, 0.2) is 0 Å². The summed E-state index contributed by atoms with van der Waals surface area (Å²) >= 11 is 0. The average Bonchev–Trinajstić information content (AvgIpc) is 3.10. The van der Waals surface area contributed by atoms with Crippen LogP contribution in [0.2, 0.25) is 0 Å². The Bertz CT molecular complexity index is 1110. The Labute approximate surface area is 189 Å². The van der Waals surface area contributed by atoms with Crippen LogP contribution in [-0.4, -0.2) is 45.7 Å². The maximum absolute atomic E-state index is 13.6. The molecule has 2 aliphatic rings. The number of rotatable bonds is 3. The summed E-state index contributed by atoms with van der Waals surface area (Å²) in [6.07, 6.45) is 4.52. The molecule has 2 aliphatic heterocycles. The summed E-state index contributed by atoms with van der Waals surface area (Å²) in [5.41, 5.74) is 4.73. The standard InChI is InChI=1S/C25H29N3O2.ClH/c1-15-4-11-22-21(12-15)23(24(28(22)3)16-5-9-20(29)10-6-16)25(30)26-17-13-18-7-8-19(14-17)27(18)2;/h4-6,9-12,17-19,29H,7-8,13-14H2,1-3H3,(H,26,30);1H. The zero-order valence-corrected chi connectivity index (χ0v) is 19.1. The van der Waals surface area contributed by atoms with Crippen LogP contribution in [0.5, 0.6) is 5.75 Å². The Kier molecular flexibility index (Phi) is 5.75. The first-order valence-electron chi connectivity index (χ1n) is 10.8. The normalized spacial score (nSPS) is 23.0. The number of carbonyl (C=O) groups excluding carboxylic acids is 1. The van der Waals surface area contributed by atoms with Gasteiger partial charge in [-0.2, -0.15) is 0 Å². The van der Waals surface area contributed by atoms with Crippen LogP contribution in [0.4, 0.5) is 0 Å². The van der Waals surface area contributed by atoms with Gasteiger partial charge in [0.1, 0.15) is 5.75 Å². The molecule has 2 unspecified atom stereocenters. The largest absolute Gasteiger partial charge is 0.508 e. The smallest absolute Gasteiger partial charge is 0.254 e. The van der Waals surface area contributed by atoms with Crippen LogP contribution < -0.4 is 5.32 Å². The van der Waals surface area contributed by atoms with Crippen molar-refractivity contribution >= 4 is 29.2 Å². The Morgan fingerprint density at radius 2 is 1.68 bits per heavy atom. The van der Waals surface area contributed by atoms with Crippen molar-refractivity contribution in [2.24, 2.45) is 7.05 Å². The van der Waals surface area contributed by atoms with Crippen LogP contribution >= 0.6 is 12.4 Å². The summed E-state index contributed by atoms with van der Waals surface area (Å²) < 4.78 is 2.09. The zero-order valence-electron chi connectivity index (χ0n) is 18.3. The van der Waals surface area contributed by atoms with Gasteiger partial charge >= 0.3 is 0 Å². The maximum Gasteiger partial charge on any atom is 0.254 e. The van der Waals surface area contributed by atoms with E-state index in [1.807, 2.05) is 19.2 Å². The van der Waals surface area contributed by atoms with E-state index in [4.69, 9.17) is 0 Å². The van der Waals surface area contributed by atoms with Crippen molar-refractivity contribution in [1.82, 2.24) is 14.8 Å². The van der Waals surface area contributed by atoms with Crippen LogP contribution in [0.25, 0.3) is 22.2 Å². The predicted octanol–water partition coefficient (Wildman–Crippen LogP) is 4.64. The summed E-state index contributed by atoms with van der Waals surface area (Å²) in [6.45, 7) is 2.06. The van der Waals surface area contributed by atoms with Crippen molar-refractivity contribution < 1.29 is 9.90 Å². The molecule has 3 aromatic rings. The van der Waals surface area contributed by atoms with E-state index >= 15 is 0 Å². The molecule has 31 heavy (non-hydrogen) atoms. The molecule has 2 bridgehead atoms. The molecule has 5 rings (SSSR count). The third-order valence-corrected chi connectivity index (χ3v) is 7.16. The van der Waals surface area contributed by atoms with Gasteiger partial charge in [0, 0.05) is 36.1 Å². The number of nitrogens with zero attached hydrogens (tertiary/aromatic N) is 2. The molecule has 0 saturated carbocycles. The lowest BCUT2D eigenvalue weighted by Crippen LogP contribution is -2.48. The molecule has 0 spiro atoms. The topological polar surface area (TPSA) is 57.5 Å². The zero-order chi connectivity index (χ0) is 21.0. The summed E-state index contributed by atoms with van der Waals surface area (Å²) in [7, 11) is 4.23. The van der Waals surface area contributed by atoms with Crippen LogP contribution in [0.1, 0.15) is 41.6 Å². The number of halogens is 1. The summed E-state index contributed by atoms with van der Waals surface area (Å²) in [5.74, 6) is 0.226. The lowest BCUT2D eigenvalue weighted by molar-refractivity contribution is 0.0884. The van der Waals surface area contributed by atoms with E-state index in [0.717, 1.165) is 46.1 Å². The van der Waals surface area contributed by atoms with Crippen molar-refractivity contribution in [2.75, 3.05) is 7.05 Å². The molecule has 0 radical (unpaired) electrons. The number of nitrogens with one attached hydrogen (secondary N) is 1.